The van der Waals surface area contributed by atoms with Crippen LogP contribution in [0.2, 0.25) is 0 Å². The molecular weight excluding hydrogens is 445 g/mol. The van der Waals surface area contributed by atoms with E-state index in [-0.39, 0.29) is 24.1 Å². The highest BCUT2D eigenvalue weighted by Crippen LogP contribution is 2.48. The summed E-state index contributed by atoms with van der Waals surface area (Å²) in [6.07, 6.45) is 2.29. The smallest absolute Gasteiger partial charge is 0.309 e. The molecule has 1 saturated carbocycles. The van der Waals surface area contributed by atoms with E-state index in [9.17, 15) is 14.0 Å². The summed E-state index contributed by atoms with van der Waals surface area (Å²) < 4.78 is 20.7. The third kappa shape index (κ3) is 5.14. The normalized spacial score (nSPS) is 12.9. The number of hydrogen-bond donors (Lipinski definition) is 1. The molecule has 176 valence electrons. The summed E-state index contributed by atoms with van der Waals surface area (Å²) in [5, 5.41) is 7.69. The van der Waals surface area contributed by atoms with Gasteiger partial charge < -0.3 is 10.1 Å². The molecule has 0 spiro atoms. The Kier molecular flexibility index (Phi) is 6.14. The van der Waals surface area contributed by atoms with Crippen molar-refractivity contribution in [2.45, 2.75) is 32.1 Å². The Hall–Kier alpha value is -4.26. The predicted octanol–water partition coefficient (Wildman–Crippen LogP) is 5.66. The second-order valence-electron chi connectivity index (χ2n) is 8.61. The first-order valence-corrected chi connectivity index (χ1v) is 11.5. The minimum Gasteiger partial charge on any atom is -0.407 e. The quantitative estimate of drug-likeness (QED) is 0.355. The number of esters is 1. The van der Waals surface area contributed by atoms with E-state index in [0.29, 0.717) is 17.3 Å². The fourth-order valence-corrected chi connectivity index (χ4v) is 4.03. The van der Waals surface area contributed by atoms with Gasteiger partial charge in [0.2, 0.25) is 11.8 Å². The highest BCUT2D eigenvalue weighted by atomic mass is 19.1. The lowest BCUT2D eigenvalue weighted by Gasteiger charge is -2.10. The number of carbonyl (C=O) groups excluding carboxylic acids is 2. The van der Waals surface area contributed by atoms with Crippen molar-refractivity contribution in [3.63, 3.8) is 0 Å². The van der Waals surface area contributed by atoms with Gasteiger partial charge in [-0.05, 0) is 60.4 Å². The first kappa shape index (κ1) is 22.5. The van der Waals surface area contributed by atoms with E-state index >= 15 is 0 Å². The van der Waals surface area contributed by atoms with Gasteiger partial charge in [0.15, 0.2) is 0 Å². The maximum atomic E-state index is 13.5. The van der Waals surface area contributed by atoms with Crippen LogP contribution in [0.1, 0.15) is 36.9 Å². The van der Waals surface area contributed by atoms with E-state index in [4.69, 9.17) is 9.84 Å². The van der Waals surface area contributed by atoms with Crippen LogP contribution in [-0.2, 0) is 16.0 Å². The molecule has 3 aromatic carbocycles. The molecule has 4 aromatic rings. The van der Waals surface area contributed by atoms with E-state index in [1.165, 1.54) is 19.1 Å². The average Bonchev–Trinajstić information content (AvgIpc) is 3.62. The minimum atomic E-state index is -0.471. The molecule has 0 saturated heterocycles. The number of carbonyl (C=O) groups is 2. The molecule has 0 unspecified atom stereocenters. The van der Waals surface area contributed by atoms with Crippen molar-refractivity contribution in [2.75, 3.05) is 5.32 Å². The van der Waals surface area contributed by atoms with Crippen LogP contribution in [0, 0.1) is 5.82 Å². The lowest BCUT2D eigenvalue weighted by molar-refractivity contribution is -0.132. The number of nitrogens with zero attached hydrogens (tertiary/aromatic N) is 2. The van der Waals surface area contributed by atoms with Gasteiger partial charge in [-0.2, -0.15) is 9.78 Å². The highest BCUT2D eigenvalue weighted by Gasteiger charge is 2.34. The Balaban J connectivity index is 1.47. The third-order valence-corrected chi connectivity index (χ3v) is 5.81. The van der Waals surface area contributed by atoms with E-state index in [2.05, 4.69) is 5.32 Å². The van der Waals surface area contributed by atoms with Crippen molar-refractivity contribution in [1.29, 1.82) is 0 Å². The zero-order chi connectivity index (χ0) is 24.4. The van der Waals surface area contributed by atoms with Crippen LogP contribution in [0.5, 0.6) is 5.88 Å². The molecule has 35 heavy (non-hydrogen) atoms. The summed E-state index contributed by atoms with van der Waals surface area (Å²) in [5.74, 6) is -0.366. The summed E-state index contributed by atoms with van der Waals surface area (Å²) in [5.41, 5.74) is 4.59. The van der Waals surface area contributed by atoms with E-state index in [1.54, 1.807) is 16.8 Å². The number of halogens is 1. The molecule has 1 amide bonds. The Morgan fingerprint density at radius 2 is 1.69 bits per heavy atom. The molecule has 0 radical (unpaired) electrons. The van der Waals surface area contributed by atoms with Crippen molar-refractivity contribution < 1.29 is 18.7 Å². The first-order valence-electron chi connectivity index (χ1n) is 11.5. The molecule has 7 heteroatoms. The molecule has 0 aliphatic heterocycles. The molecule has 1 aromatic heterocycles. The molecule has 6 nitrogen and oxygen atoms in total. The largest absolute Gasteiger partial charge is 0.407 e. The van der Waals surface area contributed by atoms with Crippen molar-refractivity contribution in [3.8, 4) is 22.7 Å². The Labute approximate surface area is 202 Å². The molecule has 1 aliphatic carbocycles. The van der Waals surface area contributed by atoms with Crippen molar-refractivity contribution in [3.05, 3.63) is 95.9 Å². The number of hydrogen-bond acceptors (Lipinski definition) is 4. The number of ether oxygens (including phenoxy) is 1. The second-order valence-corrected chi connectivity index (χ2v) is 8.61. The lowest BCUT2D eigenvalue weighted by atomic mass is 10.0. The second kappa shape index (κ2) is 9.54. The maximum absolute atomic E-state index is 13.5. The van der Waals surface area contributed by atoms with Gasteiger partial charge in [-0.3, -0.25) is 9.59 Å². The van der Waals surface area contributed by atoms with E-state index in [0.717, 1.165) is 35.2 Å². The van der Waals surface area contributed by atoms with Crippen molar-refractivity contribution >= 4 is 17.6 Å². The Morgan fingerprint density at radius 3 is 2.31 bits per heavy atom. The van der Waals surface area contributed by atoms with Crippen LogP contribution < -0.4 is 10.1 Å². The zero-order valence-corrected chi connectivity index (χ0v) is 19.2. The van der Waals surface area contributed by atoms with Crippen LogP contribution in [-0.4, -0.2) is 21.7 Å². The van der Waals surface area contributed by atoms with E-state index in [1.807, 2.05) is 54.6 Å². The maximum Gasteiger partial charge on any atom is 0.309 e. The first-order chi connectivity index (χ1) is 17.0. The third-order valence-electron chi connectivity index (χ3n) is 5.81. The molecule has 5 rings (SSSR count). The fraction of sp³-hybridized carbons (Fsp3) is 0.179. The Morgan fingerprint density at radius 1 is 1.00 bits per heavy atom. The molecule has 1 N–H and O–H groups in total. The molecule has 1 aliphatic rings. The number of amides is 1. The highest BCUT2D eigenvalue weighted by molar-refractivity contribution is 5.92. The van der Waals surface area contributed by atoms with Crippen LogP contribution in [0.15, 0.2) is 78.9 Å². The monoisotopic (exact) mass is 469 g/mol. The van der Waals surface area contributed by atoms with Crippen molar-refractivity contribution in [2.24, 2.45) is 0 Å². The molecule has 1 fully saturated rings. The van der Waals surface area contributed by atoms with Crippen LogP contribution in [0.25, 0.3) is 16.8 Å². The summed E-state index contributed by atoms with van der Waals surface area (Å²) in [4.78, 5) is 24.4. The summed E-state index contributed by atoms with van der Waals surface area (Å²) in [7, 11) is 0. The number of anilines is 1. The van der Waals surface area contributed by atoms with Gasteiger partial charge in [0.25, 0.3) is 0 Å². The summed E-state index contributed by atoms with van der Waals surface area (Å²) >= 11 is 0. The topological polar surface area (TPSA) is 73.2 Å². The zero-order valence-electron chi connectivity index (χ0n) is 19.2. The SMILES string of the molecule is CC(=O)Oc1c(-c2ccc(NC(=O)Cc3ccccc3)cc2)c(C2CC2)nn1-c1ccc(F)cc1. The minimum absolute atomic E-state index is 0.104. The average molecular weight is 470 g/mol. The summed E-state index contributed by atoms with van der Waals surface area (Å²) in [6, 6.07) is 22.8. The number of rotatable bonds is 7. The number of aromatic nitrogens is 2. The number of benzene rings is 3. The lowest BCUT2D eigenvalue weighted by Crippen LogP contribution is -2.14. The van der Waals surface area contributed by atoms with Gasteiger partial charge in [-0.15, -0.1) is 0 Å². The van der Waals surface area contributed by atoms with Crippen LogP contribution in [0.4, 0.5) is 10.1 Å². The van der Waals surface area contributed by atoms with Gasteiger partial charge in [-0.1, -0.05) is 42.5 Å². The standard InChI is InChI=1S/C28H24FN3O3/c1-18(33)35-28-26(27(21-7-8-21)31-32(28)24-15-11-22(29)12-16-24)20-9-13-23(14-10-20)30-25(34)17-19-5-3-2-4-6-19/h2-6,9-16,21H,7-8,17H2,1H3,(H,30,34). The van der Waals surface area contributed by atoms with Crippen molar-refractivity contribution in [1.82, 2.24) is 9.78 Å². The van der Waals surface area contributed by atoms with Crippen LogP contribution >= 0.6 is 0 Å². The van der Waals surface area contributed by atoms with Gasteiger partial charge in [0.05, 0.1) is 23.4 Å². The van der Waals surface area contributed by atoms with Gasteiger partial charge >= 0.3 is 5.97 Å². The molecular formula is C28H24FN3O3. The van der Waals surface area contributed by atoms with Crippen LogP contribution in [0.3, 0.4) is 0 Å². The number of nitrogens with one attached hydrogen (secondary N) is 1. The fourth-order valence-electron chi connectivity index (χ4n) is 4.03. The Bertz CT molecular complexity index is 1360. The molecule has 0 bridgehead atoms. The van der Waals surface area contributed by atoms with Gasteiger partial charge in [0.1, 0.15) is 5.82 Å². The summed E-state index contributed by atoms with van der Waals surface area (Å²) in [6.45, 7) is 1.34. The molecule has 1 heterocycles. The van der Waals surface area contributed by atoms with E-state index < -0.39 is 5.97 Å². The molecule has 0 atom stereocenters. The van der Waals surface area contributed by atoms with Gasteiger partial charge in [0, 0.05) is 18.5 Å². The predicted molar refractivity (Wildman–Crippen MR) is 131 cm³/mol. The van der Waals surface area contributed by atoms with Gasteiger partial charge in [-0.25, -0.2) is 4.39 Å².